The van der Waals surface area contributed by atoms with Crippen molar-refractivity contribution in [1.82, 2.24) is 0 Å². The standard InChI is InChI=1S/C7H8N2O7S/c1-4-2-7(17(14,15)16)6(9(12)13)3-5(4)8(10)11/h2-5H,1H3,(H,14,15,16)/t4-,5?/m0/s1. The molecule has 10 heteroatoms. The van der Waals surface area contributed by atoms with Gasteiger partial charge in [-0.15, -0.1) is 0 Å². The molecule has 9 nitrogen and oxygen atoms in total. The van der Waals surface area contributed by atoms with Crippen molar-refractivity contribution < 1.29 is 22.8 Å². The zero-order valence-corrected chi connectivity index (χ0v) is 9.33. The van der Waals surface area contributed by atoms with Crippen LogP contribution in [0.5, 0.6) is 0 Å². The quantitative estimate of drug-likeness (QED) is 0.436. The molecular formula is C7H8N2O7S. The summed E-state index contributed by atoms with van der Waals surface area (Å²) in [6.45, 7) is 1.33. The van der Waals surface area contributed by atoms with E-state index in [-0.39, 0.29) is 0 Å². The molecule has 0 fully saturated rings. The van der Waals surface area contributed by atoms with Gasteiger partial charge in [-0.1, -0.05) is 6.92 Å². The van der Waals surface area contributed by atoms with E-state index >= 15 is 0 Å². The molecule has 1 N–H and O–H groups in total. The normalized spacial score (nSPS) is 24.8. The van der Waals surface area contributed by atoms with Gasteiger partial charge in [0.05, 0.1) is 11.0 Å². The Kier molecular flexibility index (Phi) is 3.29. The molecule has 1 aliphatic carbocycles. The molecule has 0 radical (unpaired) electrons. The first-order chi connectivity index (χ1) is 7.64. The molecule has 0 amide bonds. The average Bonchev–Trinajstić information content (AvgIpc) is 2.14. The molecule has 0 bridgehead atoms. The second-order valence-corrected chi connectivity index (χ2v) is 4.84. The summed E-state index contributed by atoms with van der Waals surface area (Å²) in [7, 11) is -4.77. The Morgan fingerprint density at radius 1 is 1.29 bits per heavy atom. The van der Waals surface area contributed by atoms with Crippen molar-refractivity contribution in [3.63, 3.8) is 0 Å². The van der Waals surface area contributed by atoms with Crippen LogP contribution in [0.15, 0.2) is 22.8 Å². The second-order valence-electron chi connectivity index (χ2n) is 3.45. The van der Waals surface area contributed by atoms with E-state index in [0.29, 0.717) is 6.08 Å². The van der Waals surface area contributed by atoms with Crippen LogP contribution in [0.25, 0.3) is 0 Å². The van der Waals surface area contributed by atoms with Gasteiger partial charge in [0.1, 0.15) is 0 Å². The number of hydrogen-bond acceptors (Lipinski definition) is 6. The molecule has 0 aliphatic heterocycles. The molecule has 1 rings (SSSR count). The highest BCUT2D eigenvalue weighted by atomic mass is 32.2. The van der Waals surface area contributed by atoms with Crippen molar-refractivity contribution in [2.24, 2.45) is 5.92 Å². The Morgan fingerprint density at radius 3 is 2.18 bits per heavy atom. The monoisotopic (exact) mass is 264 g/mol. The van der Waals surface area contributed by atoms with Crippen molar-refractivity contribution in [2.75, 3.05) is 0 Å². The van der Waals surface area contributed by atoms with E-state index in [9.17, 15) is 28.6 Å². The molecule has 94 valence electrons. The van der Waals surface area contributed by atoms with Crippen LogP contribution in [-0.2, 0) is 10.1 Å². The van der Waals surface area contributed by atoms with Gasteiger partial charge in [0, 0.05) is 10.8 Å². The van der Waals surface area contributed by atoms with Crippen LogP contribution in [0.4, 0.5) is 0 Å². The minimum atomic E-state index is -4.77. The lowest BCUT2D eigenvalue weighted by atomic mass is 9.96. The summed E-state index contributed by atoms with van der Waals surface area (Å²) >= 11 is 0. The van der Waals surface area contributed by atoms with Crippen LogP contribution in [0.3, 0.4) is 0 Å². The van der Waals surface area contributed by atoms with Gasteiger partial charge in [-0.3, -0.25) is 24.8 Å². The van der Waals surface area contributed by atoms with Crippen molar-refractivity contribution in [3.05, 3.63) is 43.0 Å². The molecule has 0 saturated heterocycles. The summed E-state index contributed by atoms with van der Waals surface area (Å²) < 4.78 is 30.6. The average molecular weight is 264 g/mol. The van der Waals surface area contributed by atoms with Crippen LogP contribution >= 0.6 is 0 Å². The van der Waals surface area contributed by atoms with Crippen LogP contribution in [0.1, 0.15) is 6.92 Å². The van der Waals surface area contributed by atoms with Gasteiger partial charge in [0.25, 0.3) is 5.70 Å². The van der Waals surface area contributed by atoms with Gasteiger partial charge in [-0.2, -0.15) is 8.42 Å². The molecule has 0 heterocycles. The minimum Gasteiger partial charge on any atom is -0.282 e. The van der Waals surface area contributed by atoms with Crippen molar-refractivity contribution in [2.45, 2.75) is 13.0 Å². The molecule has 1 aliphatic rings. The fourth-order valence-electron chi connectivity index (χ4n) is 1.44. The third kappa shape index (κ3) is 2.65. The van der Waals surface area contributed by atoms with E-state index in [0.717, 1.165) is 6.08 Å². The SMILES string of the molecule is C[C@H]1C=C(S(=O)(=O)O)C([N+](=O)[O-])=CC1[N+](=O)[O-]. The van der Waals surface area contributed by atoms with Crippen molar-refractivity contribution >= 4 is 10.1 Å². The van der Waals surface area contributed by atoms with Crippen LogP contribution in [0, 0.1) is 26.1 Å². The largest absolute Gasteiger partial charge is 0.301 e. The highest BCUT2D eigenvalue weighted by molar-refractivity contribution is 7.90. The number of hydrogen-bond donors (Lipinski definition) is 1. The maximum absolute atomic E-state index is 10.9. The van der Waals surface area contributed by atoms with Crippen LogP contribution in [0.2, 0.25) is 0 Å². The number of nitrogens with zero attached hydrogens (tertiary/aromatic N) is 2. The Bertz CT molecular complexity index is 532. The molecular weight excluding hydrogens is 256 g/mol. The Labute approximate surface area is 95.5 Å². The van der Waals surface area contributed by atoms with E-state index in [1.165, 1.54) is 6.92 Å². The second kappa shape index (κ2) is 4.22. The van der Waals surface area contributed by atoms with E-state index in [1.54, 1.807) is 0 Å². The van der Waals surface area contributed by atoms with E-state index in [2.05, 4.69) is 0 Å². The zero-order chi connectivity index (χ0) is 13.4. The molecule has 1 unspecified atom stereocenters. The first-order valence-electron chi connectivity index (χ1n) is 4.34. The Balaban J connectivity index is 3.36. The van der Waals surface area contributed by atoms with E-state index in [1.807, 2.05) is 0 Å². The molecule has 0 aromatic carbocycles. The molecule has 0 aromatic rings. The third-order valence-corrected chi connectivity index (χ3v) is 3.15. The minimum absolute atomic E-state index is 0.619. The predicted molar refractivity (Wildman–Crippen MR) is 54.7 cm³/mol. The van der Waals surface area contributed by atoms with Gasteiger partial charge in [-0.25, -0.2) is 0 Å². The van der Waals surface area contributed by atoms with Gasteiger partial charge in [-0.05, 0) is 6.08 Å². The molecule has 0 aromatic heterocycles. The summed E-state index contributed by atoms with van der Waals surface area (Å²) in [4.78, 5) is 18.4. The van der Waals surface area contributed by atoms with Gasteiger partial charge < -0.3 is 0 Å². The maximum Gasteiger partial charge on any atom is 0.301 e. The van der Waals surface area contributed by atoms with Gasteiger partial charge in [0.2, 0.25) is 6.04 Å². The summed E-state index contributed by atoms with van der Waals surface area (Å²) in [5.41, 5.74) is -0.979. The third-order valence-electron chi connectivity index (χ3n) is 2.25. The van der Waals surface area contributed by atoms with Gasteiger partial charge >= 0.3 is 10.1 Å². The topological polar surface area (TPSA) is 141 Å². The highest BCUT2D eigenvalue weighted by Crippen LogP contribution is 2.28. The van der Waals surface area contributed by atoms with Crippen LogP contribution < -0.4 is 0 Å². The van der Waals surface area contributed by atoms with E-state index in [4.69, 9.17) is 4.55 Å². The summed E-state index contributed by atoms with van der Waals surface area (Å²) in [5.74, 6) is -0.870. The lowest BCUT2D eigenvalue weighted by Gasteiger charge is -2.15. The Hall–Kier alpha value is -1.81. The molecule has 0 saturated carbocycles. The predicted octanol–water partition coefficient (Wildman–Crippen LogP) is 0.214. The summed E-state index contributed by atoms with van der Waals surface area (Å²) in [6.07, 6.45) is 1.43. The van der Waals surface area contributed by atoms with Crippen LogP contribution in [-0.4, -0.2) is 28.9 Å². The maximum atomic E-state index is 10.9. The molecule has 0 spiro atoms. The van der Waals surface area contributed by atoms with Crippen molar-refractivity contribution in [1.29, 1.82) is 0 Å². The lowest BCUT2D eigenvalue weighted by molar-refractivity contribution is -0.518. The first-order valence-corrected chi connectivity index (χ1v) is 5.78. The Morgan fingerprint density at radius 2 is 1.82 bits per heavy atom. The smallest absolute Gasteiger partial charge is 0.282 e. The first kappa shape index (κ1) is 13.3. The van der Waals surface area contributed by atoms with Crippen molar-refractivity contribution in [3.8, 4) is 0 Å². The number of nitro groups is 2. The van der Waals surface area contributed by atoms with Gasteiger partial charge in [0.15, 0.2) is 4.91 Å². The summed E-state index contributed by atoms with van der Waals surface area (Å²) in [5, 5.41) is 21.2. The molecule has 17 heavy (non-hydrogen) atoms. The van der Waals surface area contributed by atoms with E-state index < -0.39 is 42.5 Å². The number of rotatable bonds is 3. The fraction of sp³-hybridized carbons (Fsp3) is 0.429. The summed E-state index contributed by atoms with van der Waals surface area (Å²) in [6, 6.07) is -1.39. The highest BCUT2D eigenvalue weighted by Gasteiger charge is 2.39. The molecule has 2 atom stereocenters. The lowest BCUT2D eigenvalue weighted by Crippen LogP contribution is -2.30. The zero-order valence-electron chi connectivity index (χ0n) is 8.51. The fourth-order valence-corrected chi connectivity index (χ4v) is 2.23.